The van der Waals surface area contributed by atoms with Crippen molar-refractivity contribution in [3.05, 3.63) is 23.8 Å². The van der Waals surface area contributed by atoms with E-state index in [2.05, 4.69) is 0 Å². The first-order valence-electron chi connectivity index (χ1n) is 3.91. The Balaban J connectivity index is 3.13. The predicted octanol–water partition coefficient (Wildman–Crippen LogP) is 0.996. The van der Waals surface area contributed by atoms with Crippen LogP contribution >= 0.6 is 0 Å². The molecule has 14 heavy (non-hydrogen) atoms. The van der Waals surface area contributed by atoms with Crippen LogP contribution in [0.4, 0.5) is 4.39 Å². The first-order chi connectivity index (χ1) is 6.37. The molecule has 1 aliphatic carbocycles. The molecule has 0 amide bonds. The van der Waals surface area contributed by atoms with Crippen LogP contribution in [0.2, 0.25) is 0 Å². The number of halogens is 1. The quantitative estimate of drug-likeness (QED) is 0.697. The fraction of sp³-hybridized carbons (Fsp3) is 0.333. The summed E-state index contributed by atoms with van der Waals surface area (Å²) in [5.74, 6) is -4.26. The van der Waals surface area contributed by atoms with Crippen LogP contribution in [0, 0.1) is 5.92 Å². The molecule has 0 saturated heterocycles. The van der Waals surface area contributed by atoms with Gasteiger partial charge in [0.2, 0.25) is 0 Å². The fourth-order valence-corrected chi connectivity index (χ4v) is 1.37. The predicted molar refractivity (Wildman–Crippen MR) is 45.5 cm³/mol. The molecule has 0 aliphatic heterocycles. The zero-order chi connectivity index (χ0) is 10.9. The minimum absolute atomic E-state index is 0.535. The molecular formula is C9H9FO4. The van der Waals surface area contributed by atoms with Gasteiger partial charge in [-0.25, -0.2) is 9.18 Å². The summed E-state index contributed by atoms with van der Waals surface area (Å²) in [6.07, 6.45) is 3.44. The zero-order valence-corrected chi connectivity index (χ0v) is 7.40. The van der Waals surface area contributed by atoms with E-state index < -0.39 is 29.1 Å². The minimum atomic E-state index is -2.37. The van der Waals surface area contributed by atoms with Crippen molar-refractivity contribution in [2.24, 2.45) is 5.92 Å². The van der Waals surface area contributed by atoms with Crippen LogP contribution in [0.25, 0.3) is 0 Å². The lowest BCUT2D eigenvalue weighted by atomic mass is 9.80. The lowest BCUT2D eigenvalue weighted by molar-refractivity contribution is -0.144. The number of hydrogen-bond donors (Lipinski definition) is 2. The summed E-state index contributed by atoms with van der Waals surface area (Å²) in [7, 11) is 0. The van der Waals surface area contributed by atoms with Gasteiger partial charge in [0.15, 0.2) is 5.67 Å². The number of carbonyl (C=O) groups is 2. The van der Waals surface area contributed by atoms with Gasteiger partial charge in [0.05, 0.1) is 5.57 Å². The van der Waals surface area contributed by atoms with Gasteiger partial charge in [0.1, 0.15) is 5.92 Å². The Morgan fingerprint density at radius 2 is 2.07 bits per heavy atom. The maximum atomic E-state index is 13.8. The van der Waals surface area contributed by atoms with E-state index in [0.29, 0.717) is 0 Å². The minimum Gasteiger partial charge on any atom is -0.481 e. The van der Waals surface area contributed by atoms with Crippen molar-refractivity contribution in [1.82, 2.24) is 0 Å². The van der Waals surface area contributed by atoms with Gasteiger partial charge in [-0.05, 0) is 13.0 Å². The molecule has 0 radical (unpaired) electrons. The van der Waals surface area contributed by atoms with E-state index in [1.165, 1.54) is 6.08 Å². The van der Waals surface area contributed by atoms with Gasteiger partial charge < -0.3 is 10.2 Å². The van der Waals surface area contributed by atoms with Crippen molar-refractivity contribution >= 4 is 11.9 Å². The topological polar surface area (TPSA) is 74.6 Å². The Morgan fingerprint density at radius 3 is 2.50 bits per heavy atom. The molecule has 2 atom stereocenters. The molecular weight excluding hydrogens is 191 g/mol. The smallest absolute Gasteiger partial charge is 0.334 e. The Morgan fingerprint density at radius 1 is 1.50 bits per heavy atom. The molecule has 0 spiro atoms. The van der Waals surface area contributed by atoms with Crippen LogP contribution in [-0.4, -0.2) is 27.8 Å². The SMILES string of the molecule is CC1(F)C(C(=O)O)=CC=C[C@H]1C(=O)O. The Kier molecular flexibility index (Phi) is 2.42. The number of carboxylic acid groups (broad SMARTS) is 2. The molecule has 0 aromatic rings. The third kappa shape index (κ3) is 1.53. The molecule has 0 saturated carbocycles. The van der Waals surface area contributed by atoms with Crippen molar-refractivity contribution in [2.45, 2.75) is 12.6 Å². The van der Waals surface area contributed by atoms with E-state index in [4.69, 9.17) is 10.2 Å². The van der Waals surface area contributed by atoms with Crippen LogP contribution in [0.1, 0.15) is 6.92 Å². The summed E-state index contributed by atoms with van der Waals surface area (Å²) in [6.45, 7) is 0.954. The molecule has 1 aliphatic rings. The molecule has 0 heterocycles. The van der Waals surface area contributed by atoms with Gasteiger partial charge in [0, 0.05) is 0 Å². The molecule has 5 heteroatoms. The van der Waals surface area contributed by atoms with Gasteiger partial charge >= 0.3 is 11.9 Å². The average molecular weight is 200 g/mol. The highest BCUT2D eigenvalue weighted by Gasteiger charge is 2.45. The Labute approximate surface area is 79.4 Å². The highest BCUT2D eigenvalue weighted by atomic mass is 19.1. The summed E-state index contributed by atoms with van der Waals surface area (Å²) in [4.78, 5) is 21.2. The van der Waals surface area contributed by atoms with Crippen molar-refractivity contribution in [1.29, 1.82) is 0 Å². The molecule has 0 aromatic heterocycles. The second-order valence-corrected chi connectivity index (χ2v) is 3.16. The van der Waals surface area contributed by atoms with Crippen molar-refractivity contribution in [2.75, 3.05) is 0 Å². The normalized spacial score (nSPS) is 31.0. The van der Waals surface area contributed by atoms with Gasteiger partial charge in [-0.15, -0.1) is 0 Å². The third-order valence-corrected chi connectivity index (χ3v) is 2.17. The van der Waals surface area contributed by atoms with E-state index in [1.807, 2.05) is 0 Å². The number of rotatable bonds is 2. The first kappa shape index (κ1) is 10.4. The van der Waals surface area contributed by atoms with Crippen LogP contribution in [-0.2, 0) is 9.59 Å². The summed E-state index contributed by atoms with van der Waals surface area (Å²) in [5, 5.41) is 17.3. The molecule has 1 rings (SSSR count). The first-order valence-corrected chi connectivity index (χ1v) is 3.91. The number of carboxylic acids is 2. The Hall–Kier alpha value is -1.65. The van der Waals surface area contributed by atoms with Crippen LogP contribution < -0.4 is 0 Å². The van der Waals surface area contributed by atoms with E-state index in [-0.39, 0.29) is 0 Å². The highest BCUT2D eigenvalue weighted by Crippen LogP contribution is 2.34. The molecule has 0 fully saturated rings. The van der Waals surface area contributed by atoms with Crippen molar-refractivity contribution < 1.29 is 24.2 Å². The fourth-order valence-electron chi connectivity index (χ4n) is 1.37. The van der Waals surface area contributed by atoms with Crippen LogP contribution in [0.5, 0.6) is 0 Å². The number of hydrogen-bond acceptors (Lipinski definition) is 2. The van der Waals surface area contributed by atoms with Gasteiger partial charge in [-0.2, -0.15) is 0 Å². The largest absolute Gasteiger partial charge is 0.481 e. The third-order valence-electron chi connectivity index (χ3n) is 2.17. The lowest BCUT2D eigenvalue weighted by Gasteiger charge is -2.27. The van der Waals surface area contributed by atoms with Gasteiger partial charge in [-0.1, -0.05) is 12.2 Å². The monoisotopic (exact) mass is 200 g/mol. The summed E-state index contributed by atoms with van der Waals surface area (Å²) >= 11 is 0. The second kappa shape index (κ2) is 3.25. The average Bonchev–Trinajstić information content (AvgIpc) is 2.01. The van der Waals surface area contributed by atoms with E-state index in [0.717, 1.165) is 19.1 Å². The highest BCUT2D eigenvalue weighted by molar-refractivity contribution is 5.92. The van der Waals surface area contributed by atoms with E-state index >= 15 is 0 Å². The number of aliphatic carboxylic acids is 2. The van der Waals surface area contributed by atoms with Crippen molar-refractivity contribution in [3.8, 4) is 0 Å². The molecule has 1 unspecified atom stereocenters. The molecule has 2 N–H and O–H groups in total. The molecule has 0 aromatic carbocycles. The molecule has 4 nitrogen and oxygen atoms in total. The van der Waals surface area contributed by atoms with E-state index in [9.17, 15) is 14.0 Å². The maximum Gasteiger partial charge on any atom is 0.334 e. The van der Waals surface area contributed by atoms with Gasteiger partial charge in [0.25, 0.3) is 0 Å². The summed E-state index contributed by atoms with van der Waals surface area (Å²) in [6, 6.07) is 0. The lowest BCUT2D eigenvalue weighted by Crippen LogP contribution is -2.40. The number of allylic oxidation sites excluding steroid dienone is 2. The van der Waals surface area contributed by atoms with Crippen molar-refractivity contribution in [3.63, 3.8) is 0 Å². The maximum absolute atomic E-state index is 13.8. The second-order valence-electron chi connectivity index (χ2n) is 3.16. The Bertz CT molecular complexity index is 341. The molecule has 0 bridgehead atoms. The van der Waals surface area contributed by atoms with Crippen LogP contribution in [0.3, 0.4) is 0 Å². The molecule has 76 valence electrons. The standard InChI is InChI=1S/C9H9FO4/c1-9(10)5(7(11)12)3-2-4-6(9)8(13)14/h2-5H,1H3,(H,11,12)(H,13,14)/t5-,9?/m0/s1. The zero-order valence-electron chi connectivity index (χ0n) is 7.40. The van der Waals surface area contributed by atoms with Crippen LogP contribution in [0.15, 0.2) is 23.8 Å². The van der Waals surface area contributed by atoms with Gasteiger partial charge in [-0.3, -0.25) is 4.79 Å². The van der Waals surface area contributed by atoms with E-state index in [1.54, 1.807) is 0 Å². The summed E-state index contributed by atoms with van der Waals surface area (Å²) < 4.78 is 13.8. The number of alkyl halides is 1. The summed E-state index contributed by atoms with van der Waals surface area (Å²) in [5.41, 5.74) is -2.90.